The third-order valence-corrected chi connectivity index (χ3v) is 3.64. The van der Waals surface area contributed by atoms with E-state index < -0.39 is 0 Å². The van der Waals surface area contributed by atoms with Gasteiger partial charge in [-0.25, -0.2) is 0 Å². The van der Waals surface area contributed by atoms with Crippen LogP contribution in [0.4, 0.5) is 0 Å². The fourth-order valence-corrected chi connectivity index (χ4v) is 2.68. The molecule has 0 saturated carbocycles. The Balaban J connectivity index is 2.24. The monoisotopic (exact) mass is 223 g/mol. The van der Waals surface area contributed by atoms with E-state index in [2.05, 4.69) is 41.9 Å². The average Bonchev–Trinajstić information content (AvgIpc) is 2.98. The molecule has 0 aromatic rings. The van der Waals surface area contributed by atoms with Gasteiger partial charge >= 0.3 is 0 Å². The molecule has 0 aliphatic carbocycles. The minimum Gasteiger partial charge on any atom is -0.373 e. The van der Waals surface area contributed by atoms with Crippen molar-refractivity contribution in [3.8, 4) is 0 Å². The third kappa shape index (κ3) is 5.38. The lowest BCUT2D eigenvalue weighted by molar-refractivity contribution is 0.326. The molecule has 1 aliphatic heterocycles. The topological polar surface area (TPSA) is 12.5 Å². The minimum atomic E-state index is 0.572. The smallest absolute Gasteiger partial charge is 0.117 e. The second-order valence-electron chi connectivity index (χ2n) is 6.05. The Hall–Kier alpha value is 0.0249. The van der Waals surface area contributed by atoms with Crippen LogP contribution in [0.25, 0.3) is 0 Å². The molecule has 2 heteroatoms. The summed E-state index contributed by atoms with van der Waals surface area (Å²) in [6.45, 7) is 12.6. The predicted molar refractivity (Wildman–Crippen MR) is 72.2 cm³/mol. The molecule has 1 saturated heterocycles. The second kappa shape index (κ2) is 6.69. The number of hydrogen-bond donors (Lipinski definition) is 0. The van der Waals surface area contributed by atoms with Crippen LogP contribution in [0.3, 0.4) is 0 Å². The lowest BCUT2D eigenvalue weighted by atomic mass is 9.51. The predicted octanol–water partition coefficient (Wildman–Crippen LogP) is 4.17. The van der Waals surface area contributed by atoms with E-state index in [-0.39, 0.29) is 0 Å². The molecule has 0 aromatic carbocycles. The van der Waals surface area contributed by atoms with Gasteiger partial charge in [-0.3, -0.25) is 0 Å². The summed E-state index contributed by atoms with van der Waals surface area (Å²) < 4.78 is 5.37. The van der Waals surface area contributed by atoms with Crippen LogP contribution >= 0.6 is 0 Å². The Morgan fingerprint density at radius 1 is 1.19 bits per heavy atom. The molecule has 1 heterocycles. The fraction of sp³-hybridized carbons (Fsp3) is 1.00. The standard InChI is InChI=1S/C14H28BO/c1-6-13(8-11(4)14-9-16-14)15-12(5)7-10(2)3/h10-14H,6-9H2,1-5H3. The molecule has 0 N–H and O–H groups in total. The molecule has 4 atom stereocenters. The van der Waals surface area contributed by atoms with E-state index in [9.17, 15) is 0 Å². The molecule has 1 fully saturated rings. The first-order valence-corrected chi connectivity index (χ1v) is 6.99. The van der Waals surface area contributed by atoms with Gasteiger partial charge in [0.25, 0.3) is 0 Å². The van der Waals surface area contributed by atoms with Gasteiger partial charge in [-0.05, 0) is 11.8 Å². The molecule has 1 aliphatic rings. The summed E-state index contributed by atoms with van der Waals surface area (Å²) in [7, 11) is 2.58. The molecule has 0 bridgehead atoms. The van der Waals surface area contributed by atoms with Crippen LogP contribution in [-0.4, -0.2) is 20.0 Å². The van der Waals surface area contributed by atoms with Crippen molar-refractivity contribution < 1.29 is 4.74 Å². The minimum absolute atomic E-state index is 0.572. The molecule has 1 rings (SSSR count). The van der Waals surface area contributed by atoms with E-state index in [1.54, 1.807) is 0 Å². The van der Waals surface area contributed by atoms with Gasteiger partial charge in [-0.15, -0.1) is 0 Å². The lowest BCUT2D eigenvalue weighted by Gasteiger charge is -2.22. The van der Waals surface area contributed by atoms with Gasteiger partial charge < -0.3 is 4.74 Å². The quantitative estimate of drug-likeness (QED) is 0.444. The molecule has 0 spiro atoms. The molecule has 4 unspecified atom stereocenters. The van der Waals surface area contributed by atoms with E-state index in [4.69, 9.17) is 4.74 Å². The van der Waals surface area contributed by atoms with Crippen molar-refractivity contribution >= 4 is 7.28 Å². The lowest BCUT2D eigenvalue weighted by Crippen LogP contribution is -2.15. The van der Waals surface area contributed by atoms with Gasteiger partial charge in [-0.2, -0.15) is 0 Å². The van der Waals surface area contributed by atoms with Crippen LogP contribution in [0.1, 0.15) is 53.9 Å². The van der Waals surface area contributed by atoms with Crippen LogP contribution in [0.2, 0.25) is 11.6 Å². The summed E-state index contributed by atoms with van der Waals surface area (Å²) in [6, 6.07) is 0. The molecule has 93 valence electrons. The van der Waals surface area contributed by atoms with Gasteiger partial charge in [-0.1, -0.05) is 65.5 Å². The first-order valence-electron chi connectivity index (χ1n) is 6.99. The van der Waals surface area contributed by atoms with Gasteiger partial charge in [0.05, 0.1) is 12.7 Å². The van der Waals surface area contributed by atoms with Crippen LogP contribution in [-0.2, 0) is 4.74 Å². The zero-order valence-electron chi connectivity index (χ0n) is 11.7. The summed E-state index contributed by atoms with van der Waals surface area (Å²) in [5.74, 6) is 3.10. The van der Waals surface area contributed by atoms with E-state index in [0.29, 0.717) is 6.10 Å². The van der Waals surface area contributed by atoms with Gasteiger partial charge in [0.2, 0.25) is 0 Å². The Morgan fingerprint density at radius 2 is 1.81 bits per heavy atom. The van der Waals surface area contributed by atoms with Crippen molar-refractivity contribution in [1.82, 2.24) is 0 Å². The maximum atomic E-state index is 5.37. The highest BCUT2D eigenvalue weighted by Crippen LogP contribution is 2.32. The Kier molecular flexibility index (Phi) is 5.89. The number of epoxide rings is 1. The highest BCUT2D eigenvalue weighted by atomic mass is 16.6. The third-order valence-electron chi connectivity index (χ3n) is 3.64. The van der Waals surface area contributed by atoms with Crippen LogP contribution in [0, 0.1) is 11.8 Å². The molecule has 16 heavy (non-hydrogen) atoms. The molecular weight excluding hydrogens is 195 g/mol. The summed E-state index contributed by atoms with van der Waals surface area (Å²) in [4.78, 5) is 0. The molecule has 1 radical (unpaired) electrons. The number of ether oxygens (including phenoxy) is 1. The van der Waals surface area contributed by atoms with Crippen molar-refractivity contribution in [2.75, 3.05) is 6.61 Å². The SMILES string of the molecule is CCC([B]C(C)CC(C)C)CC(C)C1CO1. The maximum Gasteiger partial charge on any atom is 0.117 e. The highest BCUT2D eigenvalue weighted by Gasteiger charge is 2.31. The summed E-state index contributed by atoms with van der Waals surface area (Å²) in [6.07, 6.45) is 4.48. The average molecular weight is 223 g/mol. The summed E-state index contributed by atoms with van der Waals surface area (Å²) in [5, 5.41) is 0. The van der Waals surface area contributed by atoms with Crippen molar-refractivity contribution in [3.63, 3.8) is 0 Å². The Labute approximate surface area is 103 Å². The van der Waals surface area contributed by atoms with Crippen molar-refractivity contribution in [3.05, 3.63) is 0 Å². The van der Waals surface area contributed by atoms with Gasteiger partial charge in [0.15, 0.2) is 0 Å². The van der Waals surface area contributed by atoms with E-state index >= 15 is 0 Å². The zero-order chi connectivity index (χ0) is 12.1. The molecule has 0 aromatic heterocycles. The Bertz CT molecular complexity index is 189. The molecule has 1 nitrogen and oxygen atoms in total. The van der Waals surface area contributed by atoms with Crippen LogP contribution in [0.5, 0.6) is 0 Å². The Morgan fingerprint density at radius 3 is 2.25 bits per heavy atom. The van der Waals surface area contributed by atoms with E-state index in [1.807, 2.05) is 0 Å². The van der Waals surface area contributed by atoms with Gasteiger partial charge in [0, 0.05) is 0 Å². The zero-order valence-corrected chi connectivity index (χ0v) is 11.7. The van der Waals surface area contributed by atoms with Crippen molar-refractivity contribution in [2.24, 2.45) is 11.8 Å². The van der Waals surface area contributed by atoms with Crippen molar-refractivity contribution in [1.29, 1.82) is 0 Å². The first-order chi connectivity index (χ1) is 7.52. The van der Waals surface area contributed by atoms with Crippen molar-refractivity contribution in [2.45, 2.75) is 71.6 Å². The van der Waals surface area contributed by atoms with Gasteiger partial charge in [0.1, 0.15) is 7.28 Å². The number of rotatable bonds is 8. The number of hydrogen-bond acceptors (Lipinski definition) is 1. The normalized spacial score (nSPS) is 25.2. The first kappa shape index (κ1) is 14.1. The summed E-state index contributed by atoms with van der Waals surface area (Å²) in [5.41, 5.74) is 0. The molecule has 0 amide bonds. The van der Waals surface area contributed by atoms with Crippen LogP contribution < -0.4 is 0 Å². The maximum absolute atomic E-state index is 5.37. The second-order valence-corrected chi connectivity index (χ2v) is 6.05. The highest BCUT2D eigenvalue weighted by molar-refractivity contribution is 6.39. The molecular formula is C14H28BO. The summed E-state index contributed by atoms with van der Waals surface area (Å²) >= 11 is 0. The van der Waals surface area contributed by atoms with E-state index in [1.165, 1.54) is 19.3 Å². The van der Waals surface area contributed by atoms with E-state index in [0.717, 1.165) is 30.1 Å². The van der Waals surface area contributed by atoms with Crippen LogP contribution in [0.15, 0.2) is 0 Å². The fourth-order valence-electron chi connectivity index (χ4n) is 2.68. The largest absolute Gasteiger partial charge is 0.373 e.